The minimum atomic E-state index is -1.13. The van der Waals surface area contributed by atoms with E-state index in [0.29, 0.717) is 16.7 Å². The molecule has 0 saturated heterocycles. The number of halogens is 1. The third-order valence-electron chi connectivity index (χ3n) is 2.99. The fourth-order valence-electron chi connectivity index (χ4n) is 1.98. The third kappa shape index (κ3) is 4.92. The lowest BCUT2D eigenvalue weighted by molar-refractivity contribution is 0.0934. The highest BCUT2D eigenvalue weighted by molar-refractivity contribution is 9.10. The summed E-state index contributed by atoms with van der Waals surface area (Å²) in [6, 6.07) is 10.7. The van der Waals surface area contributed by atoms with E-state index in [2.05, 4.69) is 26.6 Å². The zero-order valence-electron chi connectivity index (χ0n) is 11.6. The van der Waals surface area contributed by atoms with E-state index in [1.807, 2.05) is 30.3 Å². The maximum Gasteiger partial charge on any atom is 0.404 e. The Morgan fingerprint density at radius 1 is 1.27 bits per heavy atom. The number of carboxylic acid groups (broad SMARTS) is 1. The molecule has 116 valence electrons. The zero-order chi connectivity index (χ0) is 15.9. The smallest absolute Gasteiger partial charge is 0.404 e. The Bertz CT molecular complexity index is 642. The van der Waals surface area contributed by atoms with Gasteiger partial charge in [-0.15, -0.1) is 0 Å². The van der Waals surface area contributed by atoms with Gasteiger partial charge in [-0.2, -0.15) is 0 Å². The van der Waals surface area contributed by atoms with Crippen LogP contribution in [-0.4, -0.2) is 29.7 Å². The molecule has 1 aromatic heterocycles. The van der Waals surface area contributed by atoms with Gasteiger partial charge in [0.15, 0.2) is 4.67 Å². The van der Waals surface area contributed by atoms with Crippen molar-refractivity contribution in [2.24, 2.45) is 0 Å². The summed E-state index contributed by atoms with van der Waals surface area (Å²) in [5, 5.41) is 13.8. The van der Waals surface area contributed by atoms with E-state index in [9.17, 15) is 9.59 Å². The van der Waals surface area contributed by atoms with E-state index < -0.39 is 6.09 Å². The Morgan fingerprint density at radius 3 is 2.59 bits per heavy atom. The van der Waals surface area contributed by atoms with Crippen molar-refractivity contribution >= 4 is 27.9 Å². The average molecular weight is 367 g/mol. The van der Waals surface area contributed by atoms with Gasteiger partial charge in [0.2, 0.25) is 0 Å². The molecule has 0 spiro atoms. The normalized spacial score (nSPS) is 11.7. The van der Waals surface area contributed by atoms with Gasteiger partial charge < -0.3 is 20.2 Å². The first kappa shape index (κ1) is 16.1. The van der Waals surface area contributed by atoms with Gasteiger partial charge in [-0.05, 0) is 27.9 Å². The number of amides is 2. The second kappa shape index (κ2) is 7.65. The van der Waals surface area contributed by atoms with Crippen LogP contribution in [0.5, 0.6) is 0 Å². The Morgan fingerprint density at radius 2 is 2.00 bits per heavy atom. The van der Waals surface area contributed by atoms with Crippen molar-refractivity contribution < 1.29 is 19.1 Å². The molecule has 0 aliphatic carbocycles. The van der Waals surface area contributed by atoms with E-state index in [-0.39, 0.29) is 18.5 Å². The van der Waals surface area contributed by atoms with Gasteiger partial charge in [0.1, 0.15) is 6.26 Å². The minimum absolute atomic E-state index is 0.120. The first-order chi connectivity index (χ1) is 10.5. The zero-order valence-corrected chi connectivity index (χ0v) is 13.2. The van der Waals surface area contributed by atoms with Crippen LogP contribution in [-0.2, 0) is 6.42 Å². The van der Waals surface area contributed by atoms with E-state index in [1.165, 1.54) is 6.26 Å². The number of benzene rings is 1. The quantitative estimate of drug-likeness (QED) is 0.732. The summed E-state index contributed by atoms with van der Waals surface area (Å²) in [6.45, 7) is 0.120. The highest BCUT2D eigenvalue weighted by Gasteiger charge is 2.16. The summed E-state index contributed by atoms with van der Waals surface area (Å²) in [6.07, 6.45) is 0.730. The number of hydrogen-bond donors (Lipinski definition) is 3. The molecule has 1 unspecified atom stereocenters. The second-order valence-corrected chi connectivity index (χ2v) is 5.47. The Hall–Kier alpha value is -2.28. The molecular formula is C15H15BrN2O4. The highest BCUT2D eigenvalue weighted by Crippen LogP contribution is 2.14. The highest BCUT2D eigenvalue weighted by atomic mass is 79.9. The lowest BCUT2D eigenvalue weighted by Gasteiger charge is -2.18. The average Bonchev–Trinajstić information content (AvgIpc) is 2.92. The summed E-state index contributed by atoms with van der Waals surface area (Å²) in [7, 11) is 0. The molecule has 7 heteroatoms. The molecule has 22 heavy (non-hydrogen) atoms. The van der Waals surface area contributed by atoms with Crippen molar-refractivity contribution in [1.29, 1.82) is 0 Å². The maximum absolute atomic E-state index is 12.1. The molecule has 2 rings (SSSR count). The summed E-state index contributed by atoms with van der Waals surface area (Å²) in [5.41, 5.74) is 1.38. The van der Waals surface area contributed by atoms with Crippen LogP contribution < -0.4 is 10.6 Å². The number of nitrogens with one attached hydrogen (secondary N) is 2. The van der Waals surface area contributed by atoms with Gasteiger partial charge in [0.25, 0.3) is 5.91 Å². The molecule has 0 aliphatic heterocycles. The molecule has 1 atom stereocenters. The van der Waals surface area contributed by atoms with Gasteiger partial charge in [-0.1, -0.05) is 30.3 Å². The molecule has 0 radical (unpaired) electrons. The van der Waals surface area contributed by atoms with Crippen LogP contribution in [0.2, 0.25) is 0 Å². The topological polar surface area (TPSA) is 91.6 Å². The fourth-order valence-corrected chi connectivity index (χ4v) is 2.32. The summed E-state index contributed by atoms with van der Waals surface area (Å²) < 4.78 is 5.49. The van der Waals surface area contributed by atoms with Crippen LogP contribution >= 0.6 is 15.9 Å². The maximum atomic E-state index is 12.1. The van der Waals surface area contributed by atoms with E-state index >= 15 is 0 Å². The number of hydrogen-bond acceptors (Lipinski definition) is 3. The fraction of sp³-hybridized carbons (Fsp3) is 0.200. The SMILES string of the molecule is O=C(O)NCC(Cc1ccccc1)NC(=O)c1coc(Br)c1. The van der Waals surface area contributed by atoms with Gasteiger partial charge in [0, 0.05) is 12.6 Å². The van der Waals surface area contributed by atoms with Crippen molar-refractivity contribution in [3.63, 3.8) is 0 Å². The van der Waals surface area contributed by atoms with Crippen molar-refractivity contribution in [2.45, 2.75) is 12.5 Å². The second-order valence-electron chi connectivity index (χ2n) is 4.69. The van der Waals surface area contributed by atoms with E-state index in [4.69, 9.17) is 9.52 Å². The first-order valence-electron chi connectivity index (χ1n) is 6.60. The van der Waals surface area contributed by atoms with Crippen LogP contribution in [0.15, 0.2) is 51.7 Å². The Balaban J connectivity index is 2.03. The molecule has 0 fully saturated rings. The van der Waals surface area contributed by atoms with Crippen LogP contribution in [0.25, 0.3) is 0 Å². The van der Waals surface area contributed by atoms with Gasteiger partial charge in [0.05, 0.1) is 11.6 Å². The predicted octanol–water partition coefficient (Wildman–Crippen LogP) is 2.65. The van der Waals surface area contributed by atoms with Crippen molar-refractivity contribution in [2.75, 3.05) is 6.54 Å². The predicted molar refractivity (Wildman–Crippen MR) is 83.8 cm³/mol. The van der Waals surface area contributed by atoms with E-state index in [0.717, 1.165) is 5.56 Å². The number of carbonyl (C=O) groups excluding carboxylic acids is 1. The molecular weight excluding hydrogens is 352 g/mol. The third-order valence-corrected chi connectivity index (χ3v) is 3.41. The van der Waals surface area contributed by atoms with Gasteiger partial charge in [-0.3, -0.25) is 4.79 Å². The lowest BCUT2D eigenvalue weighted by atomic mass is 10.1. The molecule has 1 heterocycles. The van der Waals surface area contributed by atoms with Crippen LogP contribution in [0.4, 0.5) is 4.79 Å². The van der Waals surface area contributed by atoms with E-state index in [1.54, 1.807) is 6.07 Å². The standard InChI is InChI=1S/C15H15BrN2O4/c16-13-7-11(9-22-13)14(19)18-12(8-17-15(20)21)6-10-4-2-1-3-5-10/h1-5,7,9,12,17H,6,8H2,(H,18,19)(H,20,21). The number of furan rings is 1. The lowest BCUT2D eigenvalue weighted by Crippen LogP contribution is -2.44. The van der Waals surface area contributed by atoms with Crippen molar-refractivity contribution in [3.8, 4) is 0 Å². The molecule has 0 aliphatic rings. The van der Waals surface area contributed by atoms with Crippen molar-refractivity contribution in [1.82, 2.24) is 10.6 Å². The van der Waals surface area contributed by atoms with Crippen LogP contribution in [0.3, 0.4) is 0 Å². The molecule has 3 N–H and O–H groups in total. The molecule has 1 aromatic carbocycles. The molecule has 0 saturated carbocycles. The Labute approximate surface area is 135 Å². The summed E-state index contributed by atoms with van der Waals surface area (Å²) >= 11 is 3.13. The van der Waals surface area contributed by atoms with Crippen molar-refractivity contribution in [3.05, 3.63) is 58.5 Å². The monoisotopic (exact) mass is 366 g/mol. The summed E-state index contributed by atoms with van der Waals surface area (Å²) in [5.74, 6) is -0.317. The first-order valence-corrected chi connectivity index (χ1v) is 7.39. The number of carbonyl (C=O) groups is 2. The molecule has 0 bridgehead atoms. The Kier molecular flexibility index (Phi) is 5.60. The minimum Gasteiger partial charge on any atom is -0.465 e. The van der Waals surface area contributed by atoms with Crippen LogP contribution in [0, 0.1) is 0 Å². The summed E-state index contributed by atoms with van der Waals surface area (Å²) in [4.78, 5) is 22.8. The number of rotatable bonds is 6. The molecule has 2 amide bonds. The molecule has 6 nitrogen and oxygen atoms in total. The van der Waals surface area contributed by atoms with Crippen LogP contribution in [0.1, 0.15) is 15.9 Å². The van der Waals surface area contributed by atoms with Gasteiger partial charge in [-0.25, -0.2) is 4.79 Å². The molecule has 2 aromatic rings. The largest absolute Gasteiger partial charge is 0.465 e. The van der Waals surface area contributed by atoms with Gasteiger partial charge >= 0.3 is 6.09 Å².